The Bertz CT molecular complexity index is 626. The molecular weight excluding hydrogens is 276 g/mol. The van der Waals surface area contributed by atoms with Crippen LogP contribution >= 0.6 is 24.0 Å². The van der Waals surface area contributed by atoms with Gasteiger partial charge in [0, 0.05) is 18.8 Å². The van der Waals surface area contributed by atoms with Crippen LogP contribution < -0.4 is 0 Å². The highest BCUT2D eigenvalue weighted by molar-refractivity contribution is 7.99. The molecule has 4 nitrogen and oxygen atoms in total. The van der Waals surface area contributed by atoms with Gasteiger partial charge in [-0.25, -0.2) is 4.98 Å². The molecule has 1 fully saturated rings. The van der Waals surface area contributed by atoms with E-state index in [1.54, 1.807) is 4.68 Å². The smallest absolute Gasteiger partial charge is 0.130 e. The van der Waals surface area contributed by atoms with E-state index in [0.29, 0.717) is 9.89 Å². The van der Waals surface area contributed by atoms with Gasteiger partial charge in [0.15, 0.2) is 0 Å². The van der Waals surface area contributed by atoms with Crippen molar-refractivity contribution in [1.82, 2.24) is 19.7 Å². The molecule has 0 radical (unpaired) electrons. The monoisotopic (exact) mass is 292 g/mol. The molecule has 0 spiro atoms. The van der Waals surface area contributed by atoms with Crippen molar-refractivity contribution in [3.05, 3.63) is 28.9 Å². The Morgan fingerprint density at radius 3 is 3.05 bits per heavy atom. The fraction of sp³-hybridized carbons (Fsp3) is 0.462. The number of thioether (sulfide) groups is 1. The molecule has 2 aromatic rings. The number of nitrogens with one attached hydrogen (secondary N) is 1. The Morgan fingerprint density at radius 1 is 1.47 bits per heavy atom. The predicted molar refractivity (Wildman–Crippen MR) is 80.7 cm³/mol. The van der Waals surface area contributed by atoms with Crippen LogP contribution in [0.25, 0.3) is 11.3 Å². The summed E-state index contributed by atoms with van der Waals surface area (Å²) in [5.74, 6) is 2.22. The van der Waals surface area contributed by atoms with E-state index in [2.05, 4.69) is 15.1 Å². The molecular formula is C13H16N4S2. The average molecular weight is 292 g/mol. The van der Waals surface area contributed by atoms with E-state index in [1.807, 2.05) is 37.3 Å². The first-order valence-electron chi connectivity index (χ1n) is 6.44. The van der Waals surface area contributed by atoms with Crippen molar-refractivity contribution in [3.8, 4) is 11.3 Å². The van der Waals surface area contributed by atoms with Crippen molar-refractivity contribution < 1.29 is 0 Å². The number of H-pyrrole nitrogens is 1. The first-order valence-corrected chi connectivity index (χ1v) is 7.90. The molecule has 1 unspecified atom stereocenters. The van der Waals surface area contributed by atoms with E-state index in [4.69, 9.17) is 12.2 Å². The summed E-state index contributed by atoms with van der Waals surface area (Å²) in [6.45, 7) is 0. The first kappa shape index (κ1) is 12.9. The molecule has 1 aliphatic rings. The fourth-order valence-corrected chi connectivity index (χ4v) is 3.78. The van der Waals surface area contributed by atoms with Gasteiger partial charge < -0.3 is 4.98 Å². The van der Waals surface area contributed by atoms with Gasteiger partial charge >= 0.3 is 0 Å². The molecule has 6 heteroatoms. The van der Waals surface area contributed by atoms with Gasteiger partial charge in [0.2, 0.25) is 0 Å². The molecule has 0 aromatic carbocycles. The van der Waals surface area contributed by atoms with E-state index in [-0.39, 0.29) is 0 Å². The average Bonchev–Trinajstić information content (AvgIpc) is 2.86. The molecule has 0 saturated carbocycles. The molecule has 0 aliphatic carbocycles. The number of aromatic nitrogens is 4. The van der Waals surface area contributed by atoms with Gasteiger partial charge in [0.25, 0.3) is 0 Å². The summed E-state index contributed by atoms with van der Waals surface area (Å²) in [5, 5.41) is 4.65. The number of hydrogen-bond acceptors (Lipinski definition) is 4. The second kappa shape index (κ2) is 5.46. The SMILES string of the molecule is Cn1cc(-c2cc(=S)nc(C3CCCCS3)[nH]2)cn1. The van der Waals surface area contributed by atoms with Crippen molar-refractivity contribution in [3.63, 3.8) is 0 Å². The van der Waals surface area contributed by atoms with Gasteiger partial charge in [-0.2, -0.15) is 16.9 Å². The molecule has 0 bridgehead atoms. The molecule has 3 heterocycles. The molecule has 1 saturated heterocycles. The third-order valence-corrected chi connectivity index (χ3v) is 4.86. The Labute approximate surface area is 121 Å². The Balaban J connectivity index is 1.98. The fourth-order valence-electron chi connectivity index (χ4n) is 2.30. The van der Waals surface area contributed by atoms with Crippen LogP contribution in [-0.2, 0) is 7.05 Å². The van der Waals surface area contributed by atoms with Crippen LogP contribution in [0.1, 0.15) is 30.3 Å². The normalized spacial score (nSPS) is 19.5. The van der Waals surface area contributed by atoms with Gasteiger partial charge in [-0.1, -0.05) is 18.6 Å². The molecule has 1 atom stereocenters. The predicted octanol–water partition coefficient (Wildman–Crippen LogP) is 3.50. The summed E-state index contributed by atoms with van der Waals surface area (Å²) >= 11 is 7.27. The van der Waals surface area contributed by atoms with Gasteiger partial charge in [-0.05, 0) is 24.7 Å². The topological polar surface area (TPSA) is 46.5 Å². The van der Waals surface area contributed by atoms with Crippen LogP contribution in [0.15, 0.2) is 18.5 Å². The maximum atomic E-state index is 5.30. The molecule has 100 valence electrons. The molecule has 3 rings (SSSR count). The third kappa shape index (κ3) is 2.90. The summed E-state index contributed by atoms with van der Waals surface area (Å²) < 4.78 is 2.44. The number of nitrogens with zero attached hydrogens (tertiary/aromatic N) is 3. The standard InChI is InChI=1S/C13H16N4S2/c1-17-8-9(7-14-17)10-6-12(18)16-13(15-10)11-4-2-3-5-19-11/h6-8,11H,2-5H2,1H3,(H,15,16,18). The summed E-state index contributed by atoms with van der Waals surface area (Å²) in [7, 11) is 1.91. The van der Waals surface area contributed by atoms with Gasteiger partial charge in [0.1, 0.15) is 10.5 Å². The van der Waals surface area contributed by atoms with Crippen LogP contribution in [0, 0.1) is 4.64 Å². The number of aryl methyl sites for hydroxylation is 1. The van der Waals surface area contributed by atoms with Crippen molar-refractivity contribution in [2.45, 2.75) is 24.5 Å². The zero-order chi connectivity index (χ0) is 13.2. The Hall–Kier alpha value is -1.14. The minimum absolute atomic E-state index is 0.451. The highest BCUT2D eigenvalue weighted by Gasteiger charge is 2.18. The lowest BCUT2D eigenvalue weighted by molar-refractivity contribution is 0.662. The zero-order valence-corrected chi connectivity index (χ0v) is 12.4. The van der Waals surface area contributed by atoms with Crippen LogP contribution in [0.4, 0.5) is 0 Å². The lowest BCUT2D eigenvalue weighted by Crippen LogP contribution is -2.07. The number of aromatic amines is 1. The van der Waals surface area contributed by atoms with E-state index in [0.717, 1.165) is 17.1 Å². The highest BCUT2D eigenvalue weighted by atomic mass is 32.2. The van der Waals surface area contributed by atoms with Crippen LogP contribution in [0.5, 0.6) is 0 Å². The largest absolute Gasteiger partial charge is 0.342 e. The summed E-state index contributed by atoms with van der Waals surface area (Å²) in [6.07, 6.45) is 7.59. The van der Waals surface area contributed by atoms with Crippen molar-refractivity contribution >= 4 is 24.0 Å². The summed E-state index contributed by atoms with van der Waals surface area (Å²) in [4.78, 5) is 7.93. The molecule has 0 amide bonds. The van der Waals surface area contributed by atoms with Gasteiger partial charge in [0.05, 0.1) is 17.1 Å². The third-order valence-electron chi connectivity index (χ3n) is 3.26. The van der Waals surface area contributed by atoms with Gasteiger partial charge in [-0.15, -0.1) is 0 Å². The quantitative estimate of drug-likeness (QED) is 0.861. The van der Waals surface area contributed by atoms with E-state index >= 15 is 0 Å². The van der Waals surface area contributed by atoms with E-state index in [1.165, 1.54) is 25.0 Å². The number of rotatable bonds is 2. The minimum atomic E-state index is 0.451. The van der Waals surface area contributed by atoms with Crippen LogP contribution in [-0.4, -0.2) is 25.5 Å². The second-order valence-corrected chi connectivity index (χ2v) is 6.51. The highest BCUT2D eigenvalue weighted by Crippen LogP contribution is 2.36. The summed E-state index contributed by atoms with van der Waals surface area (Å²) in [6, 6.07) is 1.91. The molecule has 1 aliphatic heterocycles. The maximum absolute atomic E-state index is 5.30. The van der Waals surface area contributed by atoms with Crippen LogP contribution in [0.3, 0.4) is 0 Å². The lowest BCUT2D eigenvalue weighted by atomic mass is 10.1. The first-order chi connectivity index (χ1) is 9.22. The molecule has 19 heavy (non-hydrogen) atoms. The second-order valence-electron chi connectivity index (χ2n) is 4.78. The Kier molecular flexibility index (Phi) is 3.70. The van der Waals surface area contributed by atoms with Gasteiger partial charge in [-0.3, -0.25) is 4.68 Å². The van der Waals surface area contributed by atoms with Crippen molar-refractivity contribution in [1.29, 1.82) is 0 Å². The lowest BCUT2D eigenvalue weighted by Gasteiger charge is -2.20. The Morgan fingerprint density at radius 2 is 2.37 bits per heavy atom. The van der Waals surface area contributed by atoms with Crippen molar-refractivity contribution in [2.75, 3.05) is 5.75 Å². The molecule has 1 N–H and O–H groups in total. The molecule has 2 aromatic heterocycles. The minimum Gasteiger partial charge on any atom is -0.342 e. The van der Waals surface area contributed by atoms with E-state index in [9.17, 15) is 0 Å². The summed E-state index contributed by atoms with van der Waals surface area (Å²) in [5.41, 5.74) is 2.06. The van der Waals surface area contributed by atoms with Crippen LogP contribution in [0.2, 0.25) is 0 Å². The maximum Gasteiger partial charge on any atom is 0.130 e. The zero-order valence-electron chi connectivity index (χ0n) is 10.8. The van der Waals surface area contributed by atoms with E-state index < -0.39 is 0 Å². The van der Waals surface area contributed by atoms with Crippen molar-refractivity contribution in [2.24, 2.45) is 7.05 Å². The number of hydrogen-bond donors (Lipinski definition) is 1.